The molecule has 3 nitrogen and oxygen atoms in total. The van der Waals surface area contributed by atoms with E-state index in [0.717, 1.165) is 45.3 Å². The maximum atomic E-state index is 11.8. The van der Waals surface area contributed by atoms with Crippen molar-refractivity contribution in [2.75, 3.05) is 19.6 Å². The quantitative estimate of drug-likeness (QED) is 0.715. The number of carbonyl (C=O) groups excluding carboxylic acids is 1. The lowest BCUT2D eigenvalue weighted by molar-refractivity contribution is -0.134. The Morgan fingerprint density at radius 1 is 1.19 bits per heavy atom. The van der Waals surface area contributed by atoms with Crippen molar-refractivity contribution in [1.29, 1.82) is 0 Å². The summed E-state index contributed by atoms with van der Waals surface area (Å²) < 4.78 is 0. The molecule has 0 spiro atoms. The van der Waals surface area contributed by atoms with Crippen LogP contribution in [0.15, 0.2) is 0 Å². The fraction of sp³-hybridized carbons (Fsp3) is 0.923. The largest absolute Gasteiger partial charge is 0.337 e. The Hall–Kier alpha value is -0.570. The second kappa shape index (κ2) is 4.36. The standard InChI is InChI=1S/C13H24N2O/c1-11(2)14-9-6-13(3,7-10-14)15-8-4-5-12(15)16/h11H,4-10H2,1-3H3. The Bertz CT molecular complexity index is 267. The molecule has 0 saturated carbocycles. The van der Waals surface area contributed by atoms with E-state index in [1.807, 2.05) is 0 Å². The van der Waals surface area contributed by atoms with Crippen LogP contribution in [0.1, 0.15) is 46.5 Å². The lowest BCUT2D eigenvalue weighted by Crippen LogP contribution is -2.55. The van der Waals surface area contributed by atoms with Crippen molar-refractivity contribution >= 4 is 5.91 Å². The van der Waals surface area contributed by atoms with Crippen molar-refractivity contribution in [3.63, 3.8) is 0 Å². The van der Waals surface area contributed by atoms with E-state index in [2.05, 4.69) is 30.6 Å². The first-order valence-electron chi connectivity index (χ1n) is 6.57. The van der Waals surface area contributed by atoms with E-state index in [9.17, 15) is 4.79 Å². The first kappa shape index (κ1) is 11.9. The maximum Gasteiger partial charge on any atom is 0.223 e. The summed E-state index contributed by atoms with van der Waals surface area (Å²) >= 11 is 0. The van der Waals surface area contributed by atoms with Gasteiger partial charge in [-0.15, -0.1) is 0 Å². The molecule has 92 valence electrons. The third-order valence-corrected chi connectivity index (χ3v) is 4.33. The molecule has 0 aromatic heterocycles. The predicted molar refractivity (Wildman–Crippen MR) is 65.3 cm³/mol. The van der Waals surface area contributed by atoms with E-state index in [-0.39, 0.29) is 5.54 Å². The second-order valence-electron chi connectivity index (χ2n) is 5.78. The molecule has 2 fully saturated rings. The van der Waals surface area contributed by atoms with Gasteiger partial charge < -0.3 is 9.80 Å². The van der Waals surface area contributed by atoms with Gasteiger partial charge in [-0.3, -0.25) is 4.79 Å². The van der Waals surface area contributed by atoms with Gasteiger partial charge in [-0.25, -0.2) is 0 Å². The van der Waals surface area contributed by atoms with Gasteiger partial charge in [0.15, 0.2) is 0 Å². The van der Waals surface area contributed by atoms with E-state index < -0.39 is 0 Å². The molecule has 0 N–H and O–H groups in total. The summed E-state index contributed by atoms with van der Waals surface area (Å²) in [4.78, 5) is 16.5. The number of amides is 1. The van der Waals surface area contributed by atoms with Crippen LogP contribution in [0.3, 0.4) is 0 Å². The van der Waals surface area contributed by atoms with Crippen molar-refractivity contribution < 1.29 is 4.79 Å². The lowest BCUT2D eigenvalue weighted by Gasteiger charge is -2.46. The number of likely N-dealkylation sites (tertiary alicyclic amines) is 2. The van der Waals surface area contributed by atoms with Gasteiger partial charge in [-0.2, -0.15) is 0 Å². The van der Waals surface area contributed by atoms with E-state index in [4.69, 9.17) is 0 Å². The number of carbonyl (C=O) groups is 1. The Morgan fingerprint density at radius 2 is 1.81 bits per heavy atom. The van der Waals surface area contributed by atoms with Crippen LogP contribution in [0.2, 0.25) is 0 Å². The zero-order chi connectivity index (χ0) is 11.8. The molecule has 2 rings (SSSR count). The summed E-state index contributed by atoms with van der Waals surface area (Å²) in [5.41, 5.74) is 0.138. The SMILES string of the molecule is CC(C)N1CCC(C)(N2CCCC2=O)CC1. The molecular weight excluding hydrogens is 200 g/mol. The molecule has 0 bridgehead atoms. The molecule has 2 aliphatic heterocycles. The first-order chi connectivity index (χ1) is 7.53. The highest BCUT2D eigenvalue weighted by atomic mass is 16.2. The molecule has 1 amide bonds. The van der Waals surface area contributed by atoms with Gasteiger partial charge in [0.1, 0.15) is 0 Å². The summed E-state index contributed by atoms with van der Waals surface area (Å²) in [6.07, 6.45) is 4.10. The van der Waals surface area contributed by atoms with Crippen molar-refractivity contribution in [3.05, 3.63) is 0 Å². The third-order valence-electron chi connectivity index (χ3n) is 4.33. The zero-order valence-electron chi connectivity index (χ0n) is 10.8. The smallest absolute Gasteiger partial charge is 0.223 e. The molecule has 3 heteroatoms. The van der Waals surface area contributed by atoms with E-state index in [0.29, 0.717) is 11.9 Å². The van der Waals surface area contributed by atoms with Crippen LogP contribution >= 0.6 is 0 Å². The Morgan fingerprint density at radius 3 is 2.25 bits per heavy atom. The fourth-order valence-corrected chi connectivity index (χ4v) is 3.01. The van der Waals surface area contributed by atoms with Crippen LogP contribution in [0, 0.1) is 0 Å². The van der Waals surface area contributed by atoms with Crippen LogP contribution in [0.4, 0.5) is 0 Å². The number of nitrogens with zero attached hydrogens (tertiary/aromatic N) is 2. The predicted octanol–water partition coefficient (Wildman–Crippen LogP) is 1.87. The average Bonchev–Trinajstić information content (AvgIpc) is 2.66. The lowest BCUT2D eigenvalue weighted by atomic mass is 9.87. The van der Waals surface area contributed by atoms with Gasteiger partial charge in [-0.1, -0.05) is 0 Å². The highest BCUT2D eigenvalue weighted by Crippen LogP contribution is 2.32. The minimum absolute atomic E-state index is 0.138. The summed E-state index contributed by atoms with van der Waals surface area (Å²) in [5, 5.41) is 0. The average molecular weight is 224 g/mol. The minimum Gasteiger partial charge on any atom is -0.337 e. The summed E-state index contributed by atoms with van der Waals surface area (Å²) in [7, 11) is 0. The molecule has 2 heterocycles. The van der Waals surface area contributed by atoms with Crippen molar-refractivity contribution in [2.24, 2.45) is 0 Å². The molecule has 0 atom stereocenters. The van der Waals surface area contributed by atoms with Gasteiger partial charge in [0.2, 0.25) is 5.91 Å². The summed E-state index contributed by atoms with van der Waals surface area (Å²) in [5.74, 6) is 0.375. The molecule has 0 aromatic rings. The molecule has 0 radical (unpaired) electrons. The molecule has 0 unspecified atom stereocenters. The zero-order valence-corrected chi connectivity index (χ0v) is 10.8. The van der Waals surface area contributed by atoms with Crippen molar-refractivity contribution in [3.8, 4) is 0 Å². The molecule has 0 aliphatic carbocycles. The van der Waals surface area contributed by atoms with Crippen LogP contribution in [-0.2, 0) is 4.79 Å². The van der Waals surface area contributed by atoms with Gasteiger partial charge >= 0.3 is 0 Å². The molecule has 16 heavy (non-hydrogen) atoms. The summed E-state index contributed by atoms with van der Waals surface area (Å²) in [6.45, 7) is 10.0. The topological polar surface area (TPSA) is 23.6 Å². The highest BCUT2D eigenvalue weighted by molar-refractivity contribution is 5.79. The Labute approximate surface area is 98.8 Å². The number of hydrogen-bond donors (Lipinski definition) is 0. The van der Waals surface area contributed by atoms with Crippen molar-refractivity contribution in [2.45, 2.75) is 58.0 Å². The fourth-order valence-electron chi connectivity index (χ4n) is 3.01. The Kier molecular flexibility index (Phi) is 3.24. The van der Waals surface area contributed by atoms with Crippen LogP contribution in [0.25, 0.3) is 0 Å². The monoisotopic (exact) mass is 224 g/mol. The number of rotatable bonds is 2. The number of piperidine rings is 1. The maximum absolute atomic E-state index is 11.8. The minimum atomic E-state index is 0.138. The normalized spacial score (nSPS) is 26.8. The van der Waals surface area contributed by atoms with Crippen LogP contribution in [0.5, 0.6) is 0 Å². The van der Waals surface area contributed by atoms with E-state index in [1.165, 1.54) is 0 Å². The van der Waals surface area contributed by atoms with Gasteiger partial charge in [-0.05, 0) is 40.0 Å². The molecule has 2 aliphatic rings. The molecular formula is C13H24N2O. The van der Waals surface area contributed by atoms with Crippen molar-refractivity contribution in [1.82, 2.24) is 9.80 Å². The van der Waals surface area contributed by atoms with E-state index >= 15 is 0 Å². The van der Waals surface area contributed by atoms with Gasteiger partial charge in [0.25, 0.3) is 0 Å². The Balaban J connectivity index is 1.98. The van der Waals surface area contributed by atoms with Crippen LogP contribution < -0.4 is 0 Å². The van der Waals surface area contributed by atoms with Gasteiger partial charge in [0.05, 0.1) is 0 Å². The molecule has 0 aromatic carbocycles. The number of hydrogen-bond acceptors (Lipinski definition) is 2. The highest BCUT2D eigenvalue weighted by Gasteiger charge is 2.40. The van der Waals surface area contributed by atoms with E-state index in [1.54, 1.807) is 0 Å². The third kappa shape index (κ3) is 2.10. The summed E-state index contributed by atoms with van der Waals surface area (Å²) in [6, 6.07) is 0.638. The molecule has 2 saturated heterocycles. The van der Waals surface area contributed by atoms with Gasteiger partial charge in [0, 0.05) is 37.6 Å². The van der Waals surface area contributed by atoms with Crippen LogP contribution in [-0.4, -0.2) is 46.9 Å². The second-order valence-corrected chi connectivity index (χ2v) is 5.78. The first-order valence-corrected chi connectivity index (χ1v) is 6.57.